The van der Waals surface area contributed by atoms with Crippen LogP contribution >= 0.6 is 47.0 Å². The zero-order chi connectivity index (χ0) is 19.0. The number of aromatic nitrogens is 6. The number of nitrogens with zero attached hydrogens (tertiary/aromatic N) is 6. The van der Waals surface area contributed by atoms with E-state index in [9.17, 15) is 0 Å². The lowest BCUT2D eigenvalue weighted by Gasteiger charge is -2.03. The summed E-state index contributed by atoms with van der Waals surface area (Å²) in [4.78, 5) is 8.33. The minimum Gasteiger partial charge on any atom is -0.264 e. The zero-order valence-corrected chi connectivity index (χ0v) is 18.0. The van der Waals surface area contributed by atoms with E-state index in [4.69, 9.17) is 0 Å². The summed E-state index contributed by atoms with van der Waals surface area (Å²) in [5.74, 6) is 2.04. The van der Waals surface area contributed by atoms with Crippen molar-refractivity contribution in [3.63, 3.8) is 0 Å². The van der Waals surface area contributed by atoms with Gasteiger partial charge in [0, 0.05) is 35.9 Å². The van der Waals surface area contributed by atoms with Gasteiger partial charge in [-0.2, -0.15) is 17.5 Å². The Morgan fingerprint density at radius 1 is 0.679 bits per heavy atom. The molecular formula is C18H16N6S4. The molecule has 10 heteroatoms. The predicted molar refractivity (Wildman–Crippen MR) is 117 cm³/mol. The van der Waals surface area contributed by atoms with Gasteiger partial charge >= 0.3 is 0 Å². The summed E-state index contributed by atoms with van der Waals surface area (Å²) in [5, 5.41) is 1.99. The highest BCUT2D eigenvalue weighted by molar-refractivity contribution is 7.99. The van der Waals surface area contributed by atoms with Crippen molar-refractivity contribution in [3.05, 3.63) is 49.1 Å². The van der Waals surface area contributed by atoms with Gasteiger partial charge in [0.2, 0.25) is 0 Å². The Hall–Kier alpha value is -1.88. The minimum atomic E-state index is 0.937. The van der Waals surface area contributed by atoms with Crippen molar-refractivity contribution in [2.24, 2.45) is 0 Å². The number of hydrogen-bond acceptors (Lipinski definition) is 10. The fraction of sp³-hybridized carbons (Fsp3) is 0.222. The van der Waals surface area contributed by atoms with Crippen LogP contribution < -0.4 is 0 Å². The van der Waals surface area contributed by atoms with Crippen molar-refractivity contribution in [2.45, 2.75) is 22.9 Å². The van der Waals surface area contributed by atoms with Crippen molar-refractivity contribution in [1.29, 1.82) is 0 Å². The van der Waals surface area contributed by atoms with Crippen LogP contribution in [0.15, 0.2) is 59.1 Å². The topological polar surface area (TPSA) is 77.3 Å². The number of hydrogen-bond donors (Lipinski definition) is 0. The Morgan fingerprint density at radius 3 is 1.61 bits per heavy atom. The molecule has 0 radical (unpaired) electrons. The SMILES string of the molecule is c1cncc(-c2nsnc2SCCCCSc2nsnc2-c2cccnc2)c1. The van der Waals surface area contributed by atoms with E-state index in [-0.39, 0.29) is 0 Å². The van der Waals surface area contributed by atoms with E-state index in [1.54, 1.807) is 35.9 Å². The van der Waals surface area contributed by atoms with Crippen LogP contribution in [-0.2, 0) is 0 Å². The highest BCUT2D eigenvalue weighted by Crippen LogP contribution is 2.31. The first-order valence-electron chi connectivity index (χ1n) is 8.63. The number of pyridine rings is 2. The number of rotatable bonds is 9. The summed E-state index contributed by atoms with van der Waals surface area (Å²) in [7, 11) is 0. The Labute approximate surface area is 179 Å². The molecule has 28 heavy (non-hydrogen) atoms. The molecule has 0 saturated carbocycles. The Balaban J connectivity index is 1.23. The van der Waals surface area contributed by atoms with Gasteiger partial charge in [0.25, 0.3) is 0 Å². The zero-order valence-electron chi connectivity index (χ0n) is 14.8. The average molecular weight is 445 g/mol. The Morgan fingerprint density at radius 2 is 1.18 bits per heavy atom. The van der Waals surface area contributed by atoms with Crippen LogP contribution in [-0.4, -0.2) is 39.0 Å². The first kappa shape index (κ1) is 19.4. The molecule has 0 aliphatic carbocycles. The van der Waals surface area contributed by atoms with Crippen molar-refractivity contribution in [1.82, 2.24) is 27.5 Å². The normalized spacial score (nSPS) is 11.0. The van der Waals surface area contributed by atoms with Gasteiger partial charge in [-0.15, -0.1) is 23.5 Å². The van der Waals surface area contributed by atoms with E-state index < -0.39 is 0 Å². The van der Waals surface area contributed by atoms with Gasteiger partial charge in [0.15, 0.2) is 0 Å². The first-order chi connectivity index (χ1) is 13.9. The molecule has 4 aromatic heterocycles. The molecule has 0 saturated heterocycles. The highest BCUT2D eigenvalue weighted by Gasteiger charge is 2.12. The molecule has 0 aliphatic heterocycles. The van der Waals surface area contributed by atoms with E-state index in [0.717, 1.165) is 56.9 Å². The van der Waals surface area contributed by atoms with Gasteiger partial charge in [0.1, 0.15) is 21.4 Å². The molecule has 0 bridgehead atoms. The van der Waals surface area contributed by atoms with Crippen LogP contribution in [0.1, 0.15) is 12.8 Å². The molecule has 0 unspecified atom stereocenters. The van der Waals surface area contributed by atoms with Gasteiger partial charge in [-0.05, 0) is 48.6 Å². The van der Waals surface area contributed by atoms with Gasteiger partial charge in [-0.25, -0.2) is 0 Å². The summed E-state index contributed by atoms with van der Waals surface area (Å²) >= 11 is 6.03. The molecule has 4 rings (SSSR count). The summed E-state index contributed by atoms with van der Waals surface area (Å²) < 4.78 is 17.7. The monoisotopic (exact) mass is 444 g/mol. The molecule has 0 N–H and O–H groups in total. The van der Waals surface area contributed by atoms with E-state index >= 15 is 0 Å². The van der Waals surface area contributed by atoms with Crippen LogP contribution in [0, 0.1) is 0 Å². The molecule has 0 aromatic carbocycles. The Kier molecular flexibility index (Phi) is 6.98. The third kappa shape index (κ3) is 4.93. The summed E-state index contributed by atoms with van der Waals surface area (Å²) in [5.41, 5.74) is 3.92. The van der Waals surface area contributed by atoms with Crippen molar-refractivity contribution >= 4 is 47.0 Å². The van der Waals surface area contributed by atoms with E-state index in [1.807, 2.05) is 36.7 Å². The van der Waals surface area contributed by atoms with Crippen molar-refractivity contribution in [2.75, 3.05) is 11.5 Å². The highest BCUT2D eigenvalue weighted by atomic mass is 32.2. The van der Waals surface area contributed by atoms with Gasteiger partial charge in [0.05, 0.1) is 23.5 Å². The van der Waals surface area contributed by atoms with Crippen LogP contribution in [0.2, 0.25) is 0 Å². The van der Waals surface area contributed by atoms with Crippen LogP contribution in [0.25, 0.3) is 22.5 Å². The lowest BCUT2D eigenvalue weighted by atomic mass is 10.2. The molecule has 0 fully saturated rings. The third-order valence-electron chi connectivity index (χ3n) is 3.80. The predicted octanol–water partition coefficient (Wildman–Crippen LogP) is 5.18. The van der Waals surface area contributed by atoms with Gasteiger partial charge in [-0.3, -0.25) is 9.97 Å². The summed E-state index contributed by atoms with van der Waals surface area (Å²) in [6.45, 7) is 0. The molecule has 6 nitrogen and oxygen atoms in total. The molecule has 4 aromatic rings. The van der Waals surface area contributed by atoms with Crippen molar-refractivity contribution in [3.8, 4) is 22.5 Å². The number of unbranched alkanes of at least 4 members (excludes halogenated alkanes) is 1. The second kappa shape index (κ2) is 10.1. The van der Waals surface area contributed by atoms with E-state index in [0.29, 0.717) is 0 Å². The second-order valence-electron chi connectivity index (χ2n) is 5.72. The van der Waals surface area contributed by atoms with Gasteiger partial charge in [-0.1, -0.05) is 0 Å². The van der Waals surface area contributed by atoms with Crippen LogP contribution in [0.5, 0.6) is 0 Å². The fourth-order valence-corrected chi connectivity index (χ4v) is 5.82. The largest absolute Gasteiger partial charge is 0.264 e. The first-order valence-corrected chi connectivity index (χ1v) is 12.1. The molecule has 0 amide bonds. The van der Waals surface area contributed by atoms with E-state index in [1.165, 1.54) is 23.5 Å². The molecule has 0 aliphatic rings. The molecule has 0 spiro atoms. The summed E-state index contributed by atoms with van der Waals surface area (Å²) in [6.07, 6.45) is 9.43. The maximum atomic E-state index is 4.43. The number of thioether (sulfide) groups is 2. The van der Waals surface area contributed by atoms with Crippen LogP contribution in [0.4, 0.5) is 0 Å². The van der Waals surface area contributed by atoms with Gasteiger partial charge < -0.3 is 0 Å². The smallest absolute Gasteiger partial charge is 0.138 e. The molecule has 142 valence electrons. The summed E-state index contributed by atoms with van der Waals surface area (Å²) in [6, 6.07) is 7.89. The lowest BCUT2D eigenvalue weighted by molar-refractivity contribution is 0.905. The maximum Gasteiger partial charge on any atom is 0.138 e. The quantitative estimate of drug-likeness (QED) is 0.258. The van der Waals surface area contributed by atoms with E-state index in [2.05, 4.69) is 27.5 Å². The average Bonchev–Trinajstić information content (AvgIpc) is 3.41. The Bertz CT molecular complexity index is 908. The minimum absolute atomic E-state index is 0.937. The third-order valence-corrected chi connectivity index (χ3v) is 7.19. The lowest BCUT2D eigenvalue weighted by Crippen LogP contribution is -1.88. The molecule has 0 atom stereocenters. The molecular weight excluding hydrogens is 429 g/mol. The standard InChI is InChI=1S/C18H16N6S4/c1(9-25-17-15(21-27-23-17)13-5-3-7-19-11-13)2-10-26-18-16(22-28-24-18)14-6-4-8-20-12-14/h3-8,11-12H,1-2,9-10H2. The second-order valence-corrected chi connectivity index (χ2v) is 8.95. The fourth-order valence-electron chi connectivity index (χ4n) is 2.45. The van der Waals surface area contributed by atoms with Crippen molar-refractivity contribution < 1.29 is 0 Å². The maximum absolute atomic E-state index is 4.43. The van der Waals surface area contributed by atoms with Crippen LogP contribution in [0.3, 0.4) is 0 Å². The molecule has 4 heterocycles.